The highest BCUT2D eigenvalue weighted by Gasteiger charge is 2.39. The fourth-order valence-corrected chi connectivity index (χ4v) is 3.39. The SMILES string of the molecule is CC(=O)N1CCC(NC2CC2c2ccc(Br)cc2)CC1. The highest BCUT2D eigenvalue weighted by atomic mass is 79.9. The first kappa shape index (κ1) is 14.1. The summed E-state index contributed by atoms with van der Waals surface area (Å²) >= 11 is 3.48. The molecule has 2 atom stereocenters. The van der Waals surface area contributed by atoms with Crippen LogP contribution in [0.15, 0.2) is 28.7 Å². The van der Waals surface area contributed by atoms with Crippen molar-refractivity contribution in [1.29, 1.82) is 0 Å². The maximum atomic E-state index is 11.3. The highest BCUT2D eigenvalue weighted by Crippen LogP contribution is 2.41. The topological polar surface area (TPSA) is 32.3 Å². The van der Waals surface area contributed by atoms with E-state index in [2.05, 4.69) is 45.5 Å². The van der Waals surface area contributed by atoms with E-state index in [0.717, 1.165) is 30.4 Å². The Morgan fingerprint density at radius 1 is 1.25 bits per heavy atom. The molecule has 1 aliphatic heterocycles. The number of benzene rings is 1. The Kier molecular flexibility index (Phi) is 4.13. The number of nitrogens with one attached hydrogen (secondary N) is 1. The van der Waals surface area contributed by atoms with Crippen LogP contribution in [0.5, 0.6) is 0 Å². The molecule has 0 aromatic heterocycles. The van der Waals surface area contributed by atoms with Crippen LogP contribution in [0.1, 0.15) is 37.7 Å². The van der Waals surface area contributed by atoms with Crippen LogP contribution in [0.3, 0.4) is 0 Å². The van der Waals surface area contributed by atoms with E-state index in [1.165, 1.54) is 12.0 Å². The minimum atomic E-state index is 0.211. The Labute approximate surface area is 128 Å². The minimum absolute atomic E-state index is 0.211. The fourth-order valence-electron chi connectivity index (χ4n) is 3.12. The van der Waals surface area contributed by atoms with Crippen molar-refractivity contribution in [2.45, 2.75) is 44.2 Å². The van der Waals surface area contributed by atoms with Gasteiger partial charge in [-0.1, -0.05) is 28.1 Å². The number of likely N-dealkylation sites (tertiary alicyclic amines) is 1. The average Bonchev–Trinajstić information content (AvgIpc) is 3.19. The number of hydrogen-bond acceptors (Lipinski definition) is 2. The molecule has 2 fully saturated rings. The van der Waals surface area contributed by atoms with E-state index < -0.39 is 0 Å². The standard InChI is InChI=1S/C16H21BrN2O/c1-11(20)19-8-6-14(7-9-19)18-16-10-15(16)12-2-4-13(17)5-3-12/h2-5,14-16,18H,6-10H2,1H3. The van der Waals surface area contributed by atoms with Crippen LogP contribution in [0.2, 0.25) is 0 Å². The van der Waals surface area contributed by atoms with Gasteiger partial charge in [0.25, 0.3) is 0 Å². The number of hydrogen-bond donors (Lipinski definition) is 1. The molecule has 1 aromatic rings. The molecular weight excluding hydrogens is 316 g/mol. The maximum absolute atomic E-state index is 11.3. The molecule has 1 amide bonds. The molecule has 108 valence electrons. The number of rotatable bonds is 3. The quantitative estimate of drug-likeness (QED) is 0.920. The van der Waals surface area contributed by atoms with Gasteiger partial charge < -0.3 is 10.2 Å². The van der Waals surface area contributed by atoms with Crippen LogP contribution in [0, 0.1) is 0 Å². The van der Waals surface area contributed by atoms with Crippen LogP contribution >= 0.6 is 15.9 Å². The molecule has 2 unspecified atom stereocenters. The van der Waals surface area contributed by atoms with Crippen molar-refractivity contribution >= 4 is 21.8 Å². The van der Waals surface area contributed by atoms with E-state index in [9.17, 15) is 4.79 Å². The molecule has 3 nitrogen and oxygen atoms in total. The number of carbonyl (C=O) groups excluding carboxylic acids is 1. The molecule has 4 heteroatoms. The van der Waals surface area contributed by atoms with Gasteiger partial charge in [0, 0.05) is 42.5 Å². The molecule has 3 rings (SSSR count). The summed E-state index contributed by atoms with van der Waals surface area (Å²) in [6.45, 7) is 3.48. The van der Waals surface area contributed by atoms with E-state index in [0.29, 0.717) is 18.0 Å². The lowest BCUT2D eigenvalue weighted by Gasteiger charge is -2.32. The zero-order chi connectivity index (χ0) is 14.1. The average molecular weight is 337 g/mol. The Hall–Kier alpha value is -0.870. The van der Waals surface area contributed by atoms with Gasteiger partial charge in [-0.3, -0.25) is 4.79 Å². The van der Waals surface area contributed by atoms with Crippen molar-refractivity contribution in [2.24, 2.45) is 0 Å². The normalized spacial score (nSPS) is 26.6. The summed E-state index contributed by atoms with van der Waals surface area (Å²) in [7, 11) is 0. The van der Waals surface area contributed by atoms with Crippen LogP contribution in [0.25, 0.3) is 0 Å². The molecule has 1 saturated heterocycles. The molecule has 1 heterocycles. The number of halogens is 1. The van der Waals surface area contributed by atoms with E-state index in [1.807, 2.05) is 4.90 Å². The summed E-state index contributed by atoms with van der Waals surface area (Å²) < 4.78 is 1.14. The number of amides is 1. The summed E-state index contributed by atoms with van der Waals surface area (Å²) in [6, 6.07) is 9.89. The number of carbonyl (C=O) groups is 1. The summed E-state index contributed by atoms with van der Waals surface area (Å²) in [5, 5.41) is 3.77. The lowest BCUT2D eigenvalue weighted by atomic mass is 10.0. The Morgan fingerprint density at radius 3 is 2.50 bits per heavy atom. The summed E-state index contributed by atoms with van der Waals surface area (Å²) in [5.74, 6) is 0.886. The zero-order valence-electron chi connectivity index (χ0n) is 11.8. The lowest BCUT2D eigenvalue weighted by Crippen LogP contribution is -2.45. The van der Waals surface area contributed by atoms with Gasteiger partial charge in [-0.25, -0.2) is 0 Å². The van der Waals surface area contributed by atoms with Gasteiger partial charge in [0.1, 0.15) is 0 Å². The summed E-state index contributed by atoms with van der Waals surface area (Å²) in [4.78, 5) is 13.3. The van der Waals surface area contributed by atoms with E-state index in [4.69, 9.17) is 0 Å². The first-order valence-electron chi connectivity index (χ1n) is 7.40. The zero-order valence-corrected chi connectivity index (χ0v) is 13.4. The Morgan fingerprint density at radius 2 is 1.90 bits per heavy atom. The molecule has 1 saturated carbocycles. The number of nitrogens with zero attached hydrogens (tertiary/aromatic N) is 1. The molecule has 0 bridgehead atoms. The molecule has 2 aliphatic rings. The van der Waals surface area contributed by atoms with E-state index in [-0.39, 0.29) is 5.91 Å². The summed E-state index contributed by atoms with van der Waals surface area (Å²) in [5.41, 5.74) is 1.44. The fraction of sp³-hybridized carbons (Fsp3) is 0.562. The monoisotopic (exact) mass is 336 g/mol. The van der Waals surface area contributed by atoms with Crippen LogP contribution < -0.4 is 5.32 Å². The number of piperidine rings is 1. The van der Waals surface area contributed by atoms with Crippen LogP contribution in [-0.2, 0) is 4.79 Å². The van der Waals surface area contributed by atoms with Gasteiger partial charge in [0.2, 0.25) is 5.91 Å². The van der Waals surface area contributed by atoms with Crippen molar-refractivity contribution in [1.82, 2.24) is 10.2 Å². The largest absolute Gasteiger partial charge is 0.343 e. The highest BCUT2D eigenvalue weighted by molar-refractivity contribution is 9.10. The Bertz CT molecular complexity index is 480. The van der Waals surface area contributed by atoms with Crippen molar-refractivity contribution in [3.8, 4) is 0 Å². The summed E-state index contributed by atoms with van der Waals surface area (Å²) in [6.07, 6.45) is 3.42. The van der Waals surface area contributed by atoms with Crippen molar-refractivity contribution in [3.63, 3.8) is 0 Å². The van der Waals surface area contributed by atoms with Crippen LogP contribution in [-0.4, -0.2) is 36.0 Å². The Balaban J connectivity index is 1.47. The van der Waals surface area contributed by atoms with Gasteiger partial charge in [0.15, 0.2) is 0 Å². The smallest absolute Gasteiger partial charge is 0.219 e. The molecule has 1 aliphatic carbocycles. The predicted octanol–water partition coefficient (Wildman–Crippen LogP) is 2.91. The molecule has 1 N–H and O–H groups in total. The van der Waals surface area contributed by atoms with Crippen molar-refractivity contribution in [3.05, 3.63) is 34.3 Å². The maximum Gasteiger partial charge on any atom is 0.219 e. The van der Waals surface area contributed by atoms with Gasteiger partial charge in [-0.2, -0.15) is 0 Å². The molecule has 1 aromatic carbocycles. The van der Waals surface area contributed by atoms with E-state index >= 15 is 0 Å². The first-order chi connectivity index (χ1) is 9.63. The second kappa shape index (κ2) is 5.86. The van der Waals surface area contributed by atoms with Gasteiger partial charge in [-0.15, -0.1) is 0 Å². The van der Waals surface area contributed by atoms with Gasteiger partial charge in [-0.05, 0) is 37.0 Å². The molecule has 0 radical (unpaired) electrons. The first-order valence-corrected chi connectivity index (χ1v) is 8.20. The van der Waals surface area contributed by atoms with Gasteiger partial charge >= 0.3 is 0 Å². The third-order valence-corrected chi connectivity index (χ3v) is 5.01. The van der Waals surface area contributed by atoms with E-state index in [1.54, 1.807) is 6.92 Å². The van der Waals surface area contributed by atoms with Crippen molar-refractivity contribution in [2.75, 3.05) is 13.1 Å². The van der Waals surface area contributed by atoms with Crippen molar-refractivity contribution < 1.29 is 4.79 Å². The van der Waals surface area contributed by atoms with Crippen LogP contribution in [0.4, 0.5) is 0 Å². The van der Waals surface area contributed by atoms with Gasteiger partial charge in [0.05, 0.1) is 0 Å². The molecule has 0 spiro atoms. The molecule has 20 heavy (non-hydrogen) atoms. The lowest BCUT2D eigenvalue weighted by molar-refractivity contribution is -0.129. The molecular formula is C16H21BrN2O. The predicted molar refractivity (Wildman–Crippen MR) is 83.7 cm³/mol. The third-order valence-electron chi connectivity index (χ3n) is 4.48. The minimum Gasteiger partial charge on any atom is -0.343 e. The second-order valence-electron chi connectivity index (χ2n) is 5.95. The third kappa shape index (κ3) is 3.23. The second-order valence-corrected chi connectivity index (χ2v) is 6.86.